The van der Waals surface area contributed by atoms with Crippen LogP contribution in [0, 0.1) is 0 Å². The van der Waals surface area contributed by atoms with E-state index in [1.54, 1.807) is 0 Å². The van der Waals surface area contributed by atoms with E-state index in [4.69, 9.17) is 18.5 Å². The average Bonchev–Trinajstić information content (AvgIpc) is 3.34. The molecule has 0 aromatic rings. The fourth-order valence-electron chi connectivity index (χ4n) is 7.60. The zero-order chi connectivity index (χ0) is 51.7. The Kier molecular flexibility index (Phi) is 48.7. The summed E-state index contributed by atoms with van der Waals surface area (Å²) in [6.07, 6.45) is 45.8. The molecule has 0 amide bonds. The molecule has 0 aliphatic carbocycles. The monoisotopic (exact) mass is 1040 g/mol. The van der Waals surface area contributed by atoms with Crippen molar-refractivity contribution in [3.63, 3.8) is 0 Å². The van der Waals surface area contributed by atoms with Gasteiger partial charge < -0.3 is 34.6 Å². The van der Waals surface area contributed by atoms with Gasteiger partial charge in [-0.2, -0.15) is 0 Å². The molecule has 0 aromatic carbocycles. The topological polar surface area (TPSA) is 225 Å². The molecule has 70 heavy (non-hydrogen) atoms. The minimum atomic E-state index is -4.79. The van der Waals surface area contributed by atoms with Gasteiger partial charge in [-0.05, 0) is 44.9 Å². The lowest BCUT2D eigenvalue weighted by Crippen LogP contribution is -2.25. The smallest absolute Gasteiger partial charge is 0.463 e. The highest BCUT2D eigenvalue weighted by Crippen LogP contribution is 2.45. The fraction of sp³-hybridized carbons (Fsp3) is 0.887. The van der Waals surface area contributed by atoms with Gasteiger partial charge in [0.05, 0.1) is 26.4 Å². The van der Waals surface area contributed by atoms with E-state index in [-0.39, 0.29) is 12.8 Å². The summed E-state index contributed by atoms with van der Waals surface area (Å²) in [4.78, 5) is 43.9. The third kappa shape index (κ3) is 51.4. The lowest BCUT2D eigenvalue weighted by atomic mass is 10.0. The zero-order valence-corrected chi connectivity index (χ0v) is 45.7. The lowest BCUT2D eigenvalue weighted by molar-refractivity contribution is -0.148. The number of phosphoric ester groups is 2. The lowest BCUT2D eigenvalue weighted by Gasteiger charge is -2.19. The molecule has 5 N–H and O–H groups in total. The molecule has 0 saturated heterocycles. The van der Waals surface area contributed by atoms with E-state index in [1.807, 2.05) is 0 Å². The highest BCUT2D eigenvalue weighted by atomic mass is 31.2. The van der Waals surface area contributed by atoms with Gasteiger partial charge in [0.2, 0.25) is 0 Å². The molecule has 0 fully saturated rings. The van der Waals surface area contributed by atoms with Gasteiger partial charge in [-0.1, -0.05) is 212 Å². The normalized spacial score (nSPS) is 15.0. The van der Waals surface area contributed by atoms with E-state index in [9.17, 15) is 43.8 Å². The van der Waals surface area contributed by atoms with Gasteiger partial charge in [0, 0.05) is 12.8 Å². The number of esters is 2. The van der Waals surface area contributed by atoms with E-state index in [0.717, 1.165) is 51.4 Å². The van der Waals surface area contributed by atoms with Crippen molar-refractivity contribution >= 4 is 27.6 Å². The Morgan fingerprint density at radius 2 is 0.614 bits per heavy atom. The predicted molar refractivity (Wildman–Crippen MR) is 279 cm³/mol. The van der Waals surface area contributed by atoms with Gasteiger partial charge in [0.15, 0.2) is 0 Å². The Morgan fingerprint density at radius 3 is 0.929 bits per heavy atom. The highest BCUT2D eigenvalue weighted by Gasteiger charge is 2.28. The van der Waals surface area contributed by atoms with Crippen molar-refractivity contribution in [1.82, 2.24) is 0 Å². The molecular formula is C53H102O15P2. The number of aliphatic hydroxyl groups excluding tert-OH is 3. The van der Waals surface area contributed by atoms with Gasteiger partial charge in [-0.15, -0.1) is 0 Å². The van der Waals surface area contributed by atoms with Gasteiger partial charge in [0.25, 0.3) is 0 Å². The first-order valence-corrected chi connectivity index (χ1v) is 30.7. The first-order valence-electron chi connectivity index (χ1n) is 27.7. The third-order valence-corrected chi connectivity index (χ3v) is 13.8. The third-order valence-electron chi connectivity index (χ3n) is 11.9. The van der Waals surface area contributed by atoms with Crippen molar-refractivity contribution < 1.29 is 71.4 Å². The van der Waals surface area contributed by atoms with Gasteiger partial charge in [0.1, 0.15) is 31.5 Å². The Bertz CT molecular complexity index is 1350. The number of aliphatic hydroxyl groups is 3. The van der Waals surface area contributed by atoms with Crippen molar-refractivity contribution in [2.75, 3.05) is 39.6 Å². The van der Waals surface area contributed by atoms with Gasteiger partial charge in [-0.25, -0.2) is 9.13 Å². The summed E-state index contributed by atoms with van der Waals surface area (Å²) in [7, 11) is -9.57. The summed E-state index contributed by atoms with van der Waals surface area (Å²) in [6, 6.07) is 0. The maximum absolute atomic E-state index is 12.2. The average molecular weight is 1040 g/mol. The number of phosphoric acid groups is 2. The van der Waals surface area contributed by atoms with Gasteiger partial charge in [-0.3, -0.25) is 27.7 Å². The molecular weight excluding hydrogens is 939 g/mol. The van der Waals surface area contributed by atoms with Crippen LogP contribution in [0.25, 0.3) is 0 Å². The Balaban J connectivity index is 3.81. The van der Waals surface area contributed by atoms with Crippen LogP contribution in [0.1, 0.15) is 245 Å². The SMILES string of the molecule is CCCCC/C=C\C/C=C\CCCCCCCCCCCC(=O)OCC(O)COP(=O)(O)OCC(O)COP(=O)(O)OCC(O)COC(=O)CCCCCCCCCCCCCCCCCCCCC. The number of carbonyl (C=O) groups is 2. The van der Waals surface area contributed by atoms with E-state index in [2.05, 4.69) is 47.2 Å². The number of hydrogen-bond acceptors (Lipinski definition) is 13. The van der Waals surface area contributed by atoms with Crippen LogP contribution in [-0.2, 0) is 46.3 Å². The molecule has 0 rings (SSSR count). The Morgan fingerprint density at radius 1 is 0.371 bits per heavy atom. The molecule has 17 heteroatoms. The number of allylic oxidation sites excluding steroid dienone is 4. The minimum Gasteiger partial charge on any atom is -0.463 e. The zero-order valence-electron chi connectivity index (χ0n) is 44.0. The highest BCUT2D eigenvalue weighted by molar-refractivity contribution is 7.47. The second-order valence-corrected chi connectivity index (χ2v) is 21.9. The Hall–Kier alpha value is -1.48. The summed E-state index contributed by atoms with van der Waals surface area (Å²) in [5.41, 5.74) is 0. The number of ether oxygens (including phenoxy) is 2. The fourth-order valence-corrected chi connectivity index (χ4v) is 9.19. The van der Waals surface area contributed by atoms with E-state index in [0.29, 0.717) is 12.8 Å². The molecule has 0 heterocycles. The molecule has 5 atom stereocenters. The van der Waals surface area contributed by atoms with Crippen LogP contribution >= 0.6 is 15.6 Å². The number of carbonyl (C=O) groups excluding carboxylic acids is 2. The standard InChI is InChI=1S/C53H102O15P2/c1-3-5-7-9-11-13-15-17-19-21-23-25-27-29-31-33-35-37-39-41-52(57)63-43-49(54)45-65-69(59,60)67-47-51(56)48-68-70(61,62)66-46-50(55)44-64-53(58)42-40-38-36-34-32-30-28-26-24-22-20-18-16-14-12-10-8-6-4-2/h11,13,17,19,49-51,54-56H,3-10,12,14-16,18,20-48H2,1-2H3,(H,59,60)(H,61,62)/b13-11-,19-17-. The minimum absolute atomic E-state index is 0.193. The molecule has 15 nitrogen and oxygen atoms in total. The summed E-state index contributed by atoms with van der Waals surface area (Å²) >= 11 is 0. The molecule has 0 aromatic heterocycles. The molecule has 0 radical (unpaired) electrons. The molecule has 0 saturated carbocycles. The maximum atomic E-state index is 12.2. The summed E-state index contributed by atoms with van der Waals surface area (Å²) in [5, 5.41) is 30.1. The molecule has 0 aliphatic rings. The first kappa shape index (κ1) is 68.5. The number of unbranched alkanes of at least 4 members (excludes halogenated alkanes) is 30. The quantitative estimate of drug-likeness (QED) is 0.0165. The van der Waals surface area contributed by atoms with Crippen molar-refractivity contribution in [3.05, 3.63) is 24.3 Å². The largest absolute Gasteiger partial charge is 0.472 e. The summed E-state index contributed by atoms with van der Waals surface area (Å²) < 4.78 is 53.2. The summed E-state index contributed by atoms with van der Waals surface area (Å²) in [5.74, 6) is -0.989. The maximum Gasteiger partial charge on any atom is 0.472 e. The number of rotatable bonds is 54. The van der Waals surface area contributed by atoms with Crippen LogP contribution in [-0.4, -0.2) is 95.0 Å². The van der Waals surface area contributed by atoms with Crippen LogP contribution in [0.5, 0.6) is 0 Å². The predicted octanol–water partition coefficient (Wildman–Crippen LogP) is 13.6. The first-order chi connectivity index (χ1) is 33.8. The van der Waals surface area contributed by atoms with Crippen LogP contribution in [0.2, 0.25) is 0 Å². The molecule has 414 valence electrons. The summed E-state index contributed by atoms with van der Waals surface area (Å²) in [6.45, 7) is 0.452. The van der Waals surface area contributed by atoms with Crippen LogP contribution in [0.4, 0.5) is 0 Å². The number of hydrogen-bond donors (Lipinski definition) is 5. The van der Waals surface area contributed by atoms with E-state index in [1.165, 1.54) is 154 Å². The second kappa shape index (κ2) is 49.7. The van der Waals surface area contributed by atoms with E-state index >= 15 is 0 Å². The van der Waals surface area contributed by atoms with Crippen molar-refractivity contribution in [1.29, 1.82) is 0 Å². The van der Waals surface area contributed by atoms with Crippen LogP contribution in [0.3, 0.4) is 0 Å². The molecule has 0 spiro atoms. The Labute approximate surface area is 424 Å². The van der Waals surface area contributed by atoms with E-state index < -0.39 is 85.5 Å². The molecule has 5 unspecified atom stereocenters. The van der Waals surface area contributed by atoms with Crippen LogP contribution < -0.4 is 0 Å². The van der Waals surface area contributed by atoms with Crippen molar-refractivity contribution in [2.45, 2.75) is 263 Å². The van der Waals surface area contributed by atoms with Gasteiger partial charge >= 0.3 is 27.6 Å². The van der Waals surface area contributed by atoms with Crippen LogP contribution in [0.15, 0.2) is 24.3 Å². The molecule has 0 bridgehead atoms. The second-order valence-electron chi connectivity index (χ2n) is 19.0. The van der Waals surface area contributed by atoms with Crippen molar-refractivity contribution in [2.24, 2.45) is 0 Å². The van der Waals surface area contributed by atoms with Crippen molar-refractivity contribution in [3.8, 4) is 0 Å². The molecule has 0 aliphatic heterocycles.